The van der Waals surface area contributed by atoms with Crippen molar-refractivity contribution in [2.75, 3.05) is 13.1 Å². The predicted molar refractivity (Wildman–Crippen MR) is 87.7 cm³/mol. The Morgan fingerprint density at radius 2 is 1.95 bits per heavy atom. The molecule has 2 fully saturated rings. The second-order valence-electron chi connectivity index (χ2n) is 6.38. The lowest BCUT2D eigenvalue weighted by Gasteiger charge is -2.33. The topological polar surface area (TPSA) is 52.6 Å². The molecule has 4 nitrogen and oxygen atoms in total. The van der Waals surface area contributed by atoms with Gasteiger partial charge in [-0.2, -0.15) is 0 Å². The molecule has 1 aliphatic heterocycles. The number of rotatable bonds is 4. The van der Waals surface area contributed by atoms with Gasteiger partial charge in [-0.15, -0.1) is 0 Å². The first-order valence-corrected chi connectivity index (χ1v) is 8.12. The van der Waals surface area contributed by atoms with E-state index in [-0.39, 0.29) is 12.1 Å². The Balaban J connectivity index is 1.68. The molecule has 0 spiro atoms. The number of piperidine rings is 1. The van der Waals surface area contributed by atoms with Gasteiger partial charge in [-0.05, 0) is 44.8 Å². The van der Waals surface area contributed by atoms with Gasteiger partial charge in [0.15, 0.2) is 0 Å². The van der Waals surface area contributed by atoms with E-state index < -0.39 is 6.09 Å². The van der Waals surface area contributed by atoms with Gasteiger partial charge in [0, 0.05) is 18.0 Å². The van der Waals surface area contributed by atoms with Crippen LogP contribution in [0.25, 0.3) is 6.08 Å². The first kappa shape index (κ1) is 15.1. The van der Waals surface area contributed by atoms with E-state index in [4.69, 9.17) is 0 Å². The highest BCUT2D eigenvalue weighted by Crippen LogP contribution is 2.43. The van der Waals surface area contributed by atoms with Crippen molar-refractivity contribution in [2.24, 2.45) is 5.92 Å². The van der Waals surface area contributed by atoms with Gasteiger partial charge in [-0.3, -0.25) is 0 Å². The number of carbonyl (C=O) groups is 1. The third-order valence-electron chi connectivity index (χ3n) is 4.82. The summed E-state index contributed by atoms with van der Waals surface area (Å²) in [6.07, 6.45) is 4.25. The zero-order valence-corrected chi connectivity index (χ0v) is 13.0. The molecular formula is C18H24N2O2. The van der Waals surface area contributed by atoms with E-state index in [1.165, 1.54) is 11.1 Å². The van der Waals surface area contributed by atoms with Gasteiger partial charge in [-0.25, -0.2) is 4.79 Å². The quantitative estimate of drug-likeness (QED) is 0.897. The summed E-state index contributed by atoms with van der Waals surface area (Å²) in [6, 6.07) is 10.6. The molecule has 1 aliphatic carbocycles. The van der Waals surface area contributed by atoms with Crippen molar-refractivity contribution in [3.63, 3.8) is 0 Å². The molecule has 0 unspecified atom stereocenters. The molecular weight excluding hydrogens is 276 g/mol. The van der Waals surface area contributed by atoms with Crippen LogP contribution in [-0.4, -0.2) is 41.3 Å². The van der Waals surface area contributed by atoms with E-state index in [0.29, 0.717) is 5.92 Å². The predicted octanol–water partition coefficient (Wildman–Crippen LogP) is 3.21. The van der Waals surface area contributed by atoms with Crippen LogP contribution in [0.3, 0.4) is 0 Å². The number of nitrogens with zero attached hydrogens (tertiary/aromatic N) is 1. The normalized spacial score (nSPS) is 25.8. The molecule has 1 saturated carbocycles. The maximum Gasteiger partial charge on any atom is 0.407 e. The monoisotopic (exact) mass is 300 g/mol. The second kappa shape index (κ2) is 6.53. The zero-order valence-electron chi connectivity index (χ0n) is 13.0. The highest BCUT2D eigenvalue weighted by atomic mass is 16.4. The summed E-state index contributed by atoms with van der Waals surface area (Å²) >= 11 is 0. The smallest absolute Gasteiger partial charge is 0.407 e. The van der Waals surface area contributed by atoms with Crippen LogP contribution in [0.5, 0.6) is 0 Å². The molecule has 1 heterocycles. The van der Waals surface area contributed by atoms with E-state index in [2.05, 4.69) is 30.4 Å². The average molecular weight is 300 g/mol. The minimum Gasteiger partial charge on any atom is -0.465 e. The fraction of sp³-hybridized carbons (Fsp3) is 0.500. The lowest BCUT2D eigenvalue weighted by molar-refractivity contribution is 0.107. The van der Waals surface area contributed by atoms with Gasteiger partial charge in [0.05, 0.1) is 0 Å². The van der Waals surface area contributed by atoms with E-state index >= 15 is 0 Å². The molecule has 1 amide bonds. The molecule has 0 bridgehead atoms. The van der Waals surface area contributed by atoms with Crippen molar-refractivity contribution in [3.8, 4) is 0 Å². The number of amides is 1. The van der Waals surface area contributed by atoms with E-state index in [1.807, 2.05) is 18.2 Å². The Labute approximate surface area is 131 Å². The van der Waals surface area contributed by atoms with E-state index in [1.54, 1.807) is 4.90 Å². The standard InChI is InChI=1S/C18H24N2O2/c1-13(11-14-5-3-2-4-6-14)16-12-17(16)20(18(21)22)15-7-9-19-10-8-15/h2-6,11,15-17,19H,7-10,12H2,1H3,(H,21,22)/b13-11+/t16-,17+/m0/s1. The van der Waals surface area contributed by atoms with Gasteiger partial charge in [-0.1, -0.05) is 42.0 Å². The number of hydrogen-bond acceptors (Lipinski definition) is 2. The van der Waals surface area contributed by atoms with Crippen molar-refractivity contribution >= 4 is 12.2 Å². The third kappa shape index (κ3) is 3.33. The lowest BCUT2D eigenvalue weighted by Crippen LogP contribution is -2.47. The van der Waals surface area contributed by atoms with Crippen LogP contribution in [-0.2, 0) is 0 Å². The summed E-state index contributed by atoms with van der Waals surface area (Å²) in [7, 11) is 0. The molecule has 0 aromatic heterocycles. The Hall–Kier alpha value is -1.81. The van der Waals surface area contributed by atoms with Crippen molar-refractivity contribution < 1.29 is 9.90 Å². The third-order valence-corrected chi connectivity index (χ3v) is 4.82. The number of hydrogen-bond donors (Lipinski definition) is 2. The van der Waals surface area contributed by atoms with Crippen LogP contribution >= 0.6 is 0 Å². The fourth-order valence-corrected chi connectivity index (χ4v) is 3.55. The van der Waals surface area contributed by atoms with Crippen molar-refractivity contribution in [3.05, 3.63) is 41.5 Å². The lowest BCUT2D eigenvalue weighted by atomic mass is 10.0. The van der Waals surface area contributed by atoms with Crippen LogP contribution in [0.1, 0.15) is 31.7 Å². The van der Waals surface area contributed by atoms with Crippen LogP contribution in [0.2, 0.25) is 0 Å². The van der Waals surface area contributed by atoms with Gasteiger partial charge in [0.25, 0.3) is 0 Å². The highest BCUT2D eigenvalue weighted by molar-refractivity contribution is 5.67. The molecule has 4 heteroatoms. The van der Waals surface area contributed by atoms with Crippen LogP contribution in [0, 0.1) is 5.92 Å². The Morgan fingerprint density at radius 3 is 2.59 bits per heavy atom. The van der Waals surface area contributed by atoms with Crippen LogP contribution in [0.15, 0.2) is 35.9 Å². The Morgan fingerprint density at radius 1 is 1.27 bits per heavy atom. The van der Waals surface area contributed by atoms with Gasteiger partial charge >= 0.3 is 6.09 Å². The molecule has 2 aliphatic rings. The second-order valence-corrected chi connectivity index (χ2v) is 6.38. The summed E-state index contributed by atoms with van der Waals surface area (Å²) in [4.78, 5) is 13.4. The van der Waals surface area contributed by atoms with Crippen molar-refractivity contribution in [1.82, 2.24) is 10.2 Å². The molecule has 22 heavy (non-hydrogen) atoms. The molecule has 2 N–H and O–H groups in total. The maximum atomic E-state index is 11.7. The fourth-order valence-electron chi connectivity index (χ4n) is 3.55. The molecule has 2 atom stereocenters. The molecule has 118 valence electrons. The summed E-state index contributed by atoms with van der Waals surface area (Å²) in [5.41, 5.74) is 2.48. The number of benzene rings is 1. The Kier molecular flexibility index (Phi) is 4.48. The van der Waals surface area contributed by atoms with Gasteiger partial charge in [0.1, 0.15) is 0 Å². The van der Waals surface area contributed by atoms with E-state index in [0.717, 1.165) is 32.4 Å². The minimum absolute atomic E-state index is 0.167. The van der Waals surface area contributed by atoms with E-state index in [9.17, 15) is 9.90 Å². The average Bonchev–Trinajstić information content (AvgIpc) is 3.29. The maximum absolute atomic E-state index is 11.7. The SMILES string of the molecule is C/C(=C\c1ccccc1)[C@@H]1C[C@H]1N(C(=O)O)C1CCNCC1. The summed E-state index contributed by atoms with van der Waals surface area (Å²) in [5.74, 6) is 0.381. The minimum atomic E-state index is -0.757. The molecule has 1 aromatic carbocycles. The molecule has 1 aromatic rings. The molecule has 1 saturated heterocycles. The molecule has 0 radical (unpaired) electrons. The largest absolute Gasteiger partial charge is 0.465 e. The first-order chi connectivity index (χ1) is 10.7. The Bertz CT molecular complexity index is 549. The number of carboxylic acid groups (broad SMARTS) is 1. The van der Waals surface area contributed by atoms with Gasteiger partial charge < -0.3 is 15.3 Å². The number of nitrogens with one attached hydrogen (secondary N) is 1. The van der Waals surface area contributed by atoms with Gasteiger partial charge in [0.2, 0.25) is 0 Å². The summed E-state index contributed by atoms with van der Waals surface area (Å²) in [5, 5.41) is 12.9. The highest BCUT2D eigenvalue weighted by Gasteiger charge is 2.47. The summed E-state index contributed by atoms with van der Waals surface area (Å²) < 4.78 is 0. The summed E-state index contributed by atoms with van der Waals surface area (Å²) in [6.45, 7) is 3.97. The van der Waals surface area contributed by atoms with Crippen molar-refractivity contribution in [1.29, 1.82) is 0 Å². The molecule has 3 rings (SSSR count). The van der Waals surface area contributed by atoms with Crippen LogP contribution < -0.4 is 5.32 Å². The zero-order chi connectivity index (χ0) is 15.5. The first-order valence-electron chi connectivity index (χ1n) is 8.12. The van der Waals surface area contributed by atoms with Crippen molar-refractivity contribution in [2.45, 2.75) is 38.3 Å². The van der Waals surface area contributed by atoms with Crippen LogP contribution in [0.4, 0.5) is 4.79 Å².